The topological polar surface area (TPSA) is 77.2 Å². The summed E-state index contributed by atoms with van der Waals surface area (Å²) in [6.07, 6.45) is 3.32. The van der Waals surface area contributed by atoms with Crippen LogP contribution in [0.5, 0.6) is 0 Å². The minimum atomic E-state index is 0.191. The van der Waals surface area contributed by atoms with Crippen molar-refractivity contribution in [2.45, 2.75) is 19.9 Å². The molecule has 0 spiro atoms. The van der Waals surface area contributed by atoms with Gasteiger partial charge in [-0.05, 0) is 16.3 Å². The lowest BCUT2D eigenvalue weighted by atomic mass is 10.1. The van der Waals surface area contributed by atoms with Gasteiger partial charge in [0.25, 0.3) is 0 Å². The molecule has 92 valence electrons. The van der Waals surface area contributed by atoms with Crippen LogP contribution in [0.4, 0.5) is 5.82 Å². The van der Waals surface area contributed by atoms with Crippen LogP contribution in [-0.4, -0.2) is 44.8 Å². The van der Waals surface area contributed by atoms with E-state index in [1.54, 1.807) is 24.0 Å². The van der Waals surface area contributed by atoms with Gasteiger partial charge in [0.15, 0.2) is 11.5 Å². The SMILES string of the molecule is COCC(Nc1cncc2nnnn12)C(C)C. The summed E-state index contributed by atoms with van der Waals surface area (Å²) < 4.78 is 6.81. The zero-order valence-electron chi connectivity index (χ0n) is 10.2. The van der Waals surface area contributed by atoms with Gasteiger partial charge in [-0.1, -0.05) is 13.8 Å². The molecule has 7 nitrogen and oxygen atoms in total. The predicted molar refractivity (Wildman–Crippen MR) is 62.7 cm³/mol. The fraction of sp³-hybridized carbons (Fsp3) is 0.600. The van der Waals surface area contributed by atoms with E-state index in [9.17, 15) is 0 Å². The Morgan fingerprint density at radius 2 is 2.24 bits per heavy atom. The van der Waals surface area contributed by atoms with E-state index in [1.165, 1.54) is 0 Å². The number of hydrogen-bond acceptors (Lipinski definition) is 6. The maximum absolute atomic E-state index is 5.19. The molecule has 0 aliphatic heterocycles. The summed E-state index contributed by atoms with van der Waals surface area (Å²) in [6.45, 7) is 4.88. The van der Waals surface area contributed by atoms with Crippen molar-refractivity contribution >= 4 is 11.5 Å². The molecule has 0 aromatic carbocycles. The number of methoxy groups -OCH3 is 1. The predicted octanol–water partition coefficient (Wildman–Crippen LogP) is 0.602. The second kappa shape index (κ2) is 5.05. The van der Waals surface area contributed by atoms with Gasteiger partial charge in [-0.25, -0.2) is 0 Å². The Morgan fingerprint density at radius 3 is 2.94 bits per heavy atom. The summed E-state index contributed by atoms with van der Waals surface area (Å²) in [7, 11) is 1.69. The van der Waals surface area contributed by atoms with Crippen LogP contribution in [0.1, 0.15) is 13.8 Å². The number of nitrogens with zero attached hydrogens (tertiary/aromatic N) is 5. The van der Waals surface area contributed by atoms with Gasteiger partial charge in [-0.2, -0.15) is 4.52 Å². The lowest BCUT2D eigenvalue weighted by Crippen LogP contribution is -2.31. The zero-order valence-corrected chi connectivity index (χ0v) is 10.2. The van der Waals surface area contributed by atoms with E-state index >= 15 is 0 Å². The molecule has 2 heterocycles. The summed E-state index contributed by atoms with van der Waals surface area (Å²) >= 11 is 0. The summed E-state index contributed by atoms with van der Waals surface area (Å²) in [5, 5.41) is 14.7. The number of nitrogens with one attached hydrogen (secondary N) is 1. The van der Waals surface area contributed by atoms with E-state index in [-0.39, 0.29) is 6.04 Å². The lowest BCUT2D eigenvalue weighted by Gasteiger charge is -2.22. The average molecular weight is 236 g/mol. The third-order valence-corrected chi connectivity index (χ3v) is 2.59. The molecule has 1 N–H and O–H groups in total. The standard InChI is InChI=1S/C10H16N6O/c1-7(2)8(6-17-3)12-9-4-11-5-10-13-14-15-16(9)10/h4-5,7-8,12H,6H2,1-3H3. The Bertz CT molecular complexity index is 482. The number of hydrogen-bond donors (Lipinski definition) is 1. The molecular weight excluding hydrogens is 220 g/mol. The average Bonchev–Trinajstić information content (AvgIpc) is 2.77. The fourth-order valence-electron chi connectivity index (χ4n) is 1.54. The molecule has 0 bridgehead atoms. The number of aromatic nitrogens is 5. The number of fused-ring (bicyclic) bond motifs is 1. The molecular formula is C10H16N6O. The van der Waals surface area contributed by atoms with Gasteiger partial charge in [0, 0.05) is 7.11 Å². The molecule has 2 aromatic heterocycles. The van der Waals surface area contributed by atoms with Crippen molar-refractivity contribution in [1.82, 2.24) is 25.0 Å². The van der Waals surface area contributed by atoms with Crippen molar-refractivity contribution in [3.63, 3.8) is 0 Å². The number of ether oxygens (including phenoxy) is 1. The highest BCUT2D eigenvalue weighted by molar-refractivity contribution is 5.44. The van der Waals surface area contributed by atoms with Crippen LogP contribution in [0.2, 0.25) is 0 Å². The molecule has 7 heteroatoms. The van der Waals surface area contributed by atoms with Crippen molar-refractivity contribution in [3.8, 4) is 0 Å². The second-order valence-corrected chi connectivity index (χ2v) is 4.19. The highest BCUT2D eigenvalue weighted by atomic mass is 16.5. The van der Waals surface area contributed by atoms with Gasteiger partial charge >= 0.3 is 0 Å². The van der Waals surface area contributed by atoms with Crippen LogP contribution in [0.15, 0.2) is 12.4 Å². The zero-order chi connectivity index (χ0) is 12.3. The van der Waals surface area contributed by atoms with Gasteiger partial charge in [0.1, 0.15) is 0 Å². The molecule has 1 atom stereocenters. The molecule has 0 radical (unpaired) electrons. The smallest absolute Gasteiger partial charge is 0.199 e. The lowest BCUT2D eigenvalue weighted by molar-refractivity contribution is 0.171. The summed E-state index contributed by atoms with van der Waals surface area (Å²) in [5.41, 5.74) is 0.620. The van der Waals surface area contributed by atoms with E-state index in [1.807, 2.05) is 0 Å². The Balaban J connectivity index is 2.24. The second-order valence-electron chi connectivity index (χ2n) is 4.19. The summed E-state index contributed by atoms with van der Waals surface area (Å²) in [6, 6.07) is 0.191. The fourth-order valence-corrected chi connectivity index (χ4v) is 1.54. The van der Waals surface area contributed by atoms with Gasteiger partial charge in [0.2, 0.25) is 0 Å². The van der Waals surface area contributed by atoms with Crippen LogP contribution in [0.25, 0.3) is 5.65 Å². The quantitative estimate of drug-likeness (QED) is 0.819. The minimum absolute atomic E-state index is 0.191. The number of rotatable bonds is 5. The highest BCUT2D eigenvalue weighted by Gasteiger charge is 2.15. The van der Waals surface area contributed by atoms with E-state index in [2.05, 4.69) is 39.7 Å². The normalized spacial score (nSPS) is 13.2. The largest absolute Gasteiger partial charge is 0.383 e. The first-order valence-electron chi connectivity index (χ1n) is 5.50. The first-order valence-corrected chi connectivity index (χ1v) is 5.50. The maximum atomic E-state index is 5.19. The van der Waals surface area contributed by atoms with Crippen molar-refractivity contribution in [1.29, 1.82) is 0 Å². The van der Waals surface area contributed by atoms with Crippen LogP contribution >= 0.6 is 0 Å². The van der Waals surface area contributed by atoms with Crippen LogP contribution in [0, 0.1) is 5.92 Å². The molecule has 0 fully saturated rings. The Labute approximate surface area is 99.2 Å². The van der Waals surface area contributed by atoms with Crippen molar-refractivity contribution in [2.24, 2.45) is 5.92 Å². The third kappa shape index (κ3) is 2.50. The van der Waals surface area contributed by atoms with Gasteiger partial charge in [-0.15, -0.1) is 5.10 Å². The first-order chi connectivity index (χ1) is 8.22. The van der Waals surface area contributed by atoms with Gasteiger partial charge in [0.05, 0.1) is 25.0 Å². The molecule has 0 amide bonds. The van der Waals surface area contributed by atoms with E-state index in [0.29, 0.717) is 18.2 Å². The highest BCUT2D eigenvalue weighted by Crippen LogP contribution is 2.12. The maximum Gasteiger partial charge on any atom is 0.199 e. The molecule has 1 unspecified atom stereocenters. The van der Waals surface area contributed by atoms with Crippen molar-refractivity contribution in [2.75, 3.05) is 19.0 Å². The van der Waals surface area contributed by atoms with Crippen LogP contribution in [-0.2, 0) is 4.74 Å². The third-order valence-electron chi connectivity index (χ3n) is 2.59. The van der Waals surface area contributed by atoms with E-state index < -0.39 is 0 Å². The molecule has 0 aliphatic carbocycles. The molecule has 0 saturated heterocycles. The summed E-state index contributed by atoms with van der Waals surface area (Å²) in [4.78, 5) is 4.09. The Morgan fingerprint density at radius 1 is 1.41 bits per heavy atom. The summed E-state index contributed by atoms with van der Waals surface area (Å²) in [5.74, 6) is 1.20. The monoisotopic (exact) mass is 236 g/mol. The number of anilines is 1. The van der Waals surface area contributed by atoms with Gasteiger partial charge in [-0.3, -0.25) is 4.98 Å². The van der Waals surface area contributed by atoms with Gasteiger partial charge < -0.3 is 10.1 Å². The van der Waals surface area contributed by atoms with Crippen molar-refractivity contribution in [3.05, 3.63) is 12.4 Å². The molecule has 2 aromatic rings. The number of tetrazole rings is 1. The minimum Gasteiger partial charge on any atom is -0.383 e. The van der Waals surface area contributed by atoms with Crippen LogP contribution in [0.3, 0.4) is 0 Å². The van der Waals surface area contributed by atoms with E-state index in [0.717, 1.165) is 5.82 Å². The Hall–Kier alpha value is -1.76. The Kier molecular flexibility index (Phi) is 3.48. The first kappa shape index (κ1) is 11.7. The molecule has 2 rings (SSSR count). The van der Waals surface area contributed by atoms with Crippen molar-refractivity contribution < 1.29 is 4.74 Å². The molecule has 0 saturated carbocycles. The molecule has 17 heavy (non-hydrogen) atoms. The van der Waals surface area contributed by atoms with Crippen LogP contribution < -0.4 is 5.32 Å². The van der Waals surface area contributed by atoms with E-state index in [4.69, 9.17) is 4.74 Å². The molecule has 0 aliphatic rings.